The fraction of sp³-hybridized carbons (Fsp3) is 0.875. The lowest BCUT2D eigenvalue weighted by atomic mass is 9.88. The fourth-order valence-corrected chi connectivity index (χ4v) is 1.24. The van der Waals surface area contributed by atoms with E-state index in [4.69, 9.17) is 5.90 Å². The topological polar surface area (TPSA) is 72.5 Å². The second-order valence-electron chi connectivity index (χ2n) is 3.09. The summed E-state index contributed by atoms with van der Waals surface area (Å²) in [5, 5.41) is 9.26. The van der Waals surface area contributed by atoms with Gasteiger partial charge in [-0.2, -0.15) is 5.90 Å². The van der Waals surface area contributed by atoms with E-state index in [-0.39, 0.29) is 5.92 Å². The van der Waals surface area contributed by atoms with E-state index in [0.717, 1.165) is 6.42 Å². The van der Waals surface area contributed by atoms with Gasteiger partial charge in [0.05, 0.1) is 12.0 Å². The van der Waals surface area contributed by atoms with Gasteiger partial charge in [0, 0.05) is 0 Å². The average Bonchev–Trinajstić information content (AvgIpc) is 2.03. The lowest BCUT2D eigenvalue weighted by Gasteiger charge is -2.22. The predicted molar refractivity (Wildman–Crippen MR) is 44.9 cm³/mol. The highest BCUT2D eigenvalue weighted by Gasteiger charge is 2.29. The molecule has 3 N–H and O–H groups in total. The third-order valence-electron chi connectivity index (χ3n) is 2.17. The smallest absolute Gasteiger partial charge is 0.330 e. The zero-order valence-corrected chi connectivity index (χ0v) is 7.78. The molecule has 0 aliphatic rings. The van der Waals surface area contributed by atoms with E-state index < -0.39 is 18.0 Å². The van der Waals surface area contributed by atoms with E-state index in [0.29, 0.717) is 0 Å². The van der Waals surface area contributed by atoms with Crippen molar-refractivity contribution in [2.75, 3.05) is 0 Å². The van der Waals surface area contributed by atoms with Crippen LogP contribution in [-0.4, -0.2) is 17.2 Å². The monoisotopic (exact) mass is 175 g/mol. The molecule has 0 aliphatic heterocycles. The molecule has 0 saturated carbocycles. The summed E-state index contributed by atoms with van der Waals surface area (Å²) >= 11 is 0. The van der Waals surface area contributed by atoms with E-state index in [1.807, 2.05) is 13.8 Å². The summed E-state index contributed by atoms with van der Waals surface area (Å²) in [5.41, 5.74) is 0. The second kappa shape index (κ2) is 5.11. The molecule has 0 rings (SSSR count). The molecule has 0 bridgehead atoms. The van der Waals surface area contributed by atoms with Gasteiger partial charge in [0.2, 0.25) is 0 Å². The van der Waals surface area contributed by atoms with E-state index in [1.165, 1.54) is 0 Å². The first kappa shape index (κ1) is 11.4. The molecule has 0 saturated heterocycles. The maximum absolute atomic E-state index is 11.0. The van der Waals surface area contributed by atoms with Gasteiger partial charge in [-0.05, 0) is 12.8 Å². The van der Waals surface area contributed by atoms with Crippen molar-refractivity contribution in [1.29, 1.82) is 0 Å². The summed E-state index contributed by atoms with van der Waals surface area (Å²) in [7, 11) is 0. The van der Waals surface area contributed by atoms with Crippen molar-refractivity contribution < 1.29 is 14.7 Å². The summed E-state index contributed by atoms with van der Waals surface area (Å²) in [4.78, 5) is 15.1. The summed E-state index contributed by atoms with van der Waals surface area (Å²) in [6.45, 7) is 5.39. The maximum atomic E-state index is 11.0. The van der Waals surface area contributed by atoms with Crippen LogP contribution in [0.4, 0.5) is 0 Å². The van der Waals surface area contributed by atoms with Crippen LogP contribution in [0.3, 0.4) is 0 Å². The minimum atomic E-state index is -0.712. The van der Waals surface area contributed by atoms with Gasteiger partial charge < -0.3 is 9.94 Å². The van der Waals surface area contributed by atoms with Crippen LogP contribution in [0.15, 0.2) is 0 Å². The quantitative estimate of drug-likeness (QED) is 0.608. The van der Waals surface area contributed by atoms with Crippen molar-refractivity contribution in [2.24, 2.45) is 17.7 Å². The van der Waals surface area contributed by atoms with Crippen molar-refractivity contribution in [1.82, 2.24) is 0 Å². The van der Waals surface area contributed by atoms with Gasteiger partial charge in [-0.15, -0.1) is 0 Å². The molecule has 72 valence electrons. The van der Waals surface area contributed by atoms with Crippen LogP contribution in [0, 0.1) is 11.8 Å². The number of hydrogen-bond acceptors (Lipinski definition) is 4. The molecular weight excluding hydrogens is 158 g/mol. The largest absolute Gasteiger partial charge is 0.393 e. The first-order valence-electron chi connectivity index (χ1n) is 4.13. The molecule has 0 radical (unpaired) electrons. The molecule has 0 fully saturated rings. The number of aliphatic hydroxyl groups is 1. The predicted octanol–water partition coefficient (Wildman–Crippen LogP) is 0.446. The van der Waals surface area contributed by atoms with Crippen LogP contribution in [0.1, 0.15) is 27.2 Å². The Morgan fingerprint density at radius 1 is 1.58 bits per heavy atom. The Morgan fingerprint density at radius 3 is 2.33 bits per heavy atom. The zero-order valence-electron chi connectivity index (χ0n) is 7.78. The van der Waals surface area contributed by atoms with Gasteiger partial charge in [-0.25, -0.2) is 4.79 Å². The van der Waals surface area contributed by atoms with E-state index in [9.17, 15) is 9.90 Å². The molecule has 0 amide bonds. The van der Waals surface area contributed by atoms with Gasteiger partial charge >= 0.3 is 5.97 Å². The fourth-order valence-electron chi connectivity index (χ4n) is 1.24. The highest BCUT2D eigenvalue weighted by Crippen LogP contribution is 2.19. The van der Waals surface area contributed by atoms with E-state index >= 15 is 0 Å². The van der Waals surface area contributed by atoms with E-state index in [2.05, 4.69) is 4.84 Å². The summed E-state index contributed by atoms with van der Waals surface area (Å²) in [5.74, 6) is 3.77. The van der Waals surface area contributed by atoms with Crippen LogP contribution in [0.2, 0.25) is 0 Å². The third-order valence-corrected chi connectivity index (χ3v) is 2.17. The summed E-state index contributed by atoms with van der Waals surface area (Å²) in [6, 6.07) is 0. The highest BCUT2D eigenvalue weighted by molar-refractivity contribution is 5.72. The lowest BCUT2D eigenvalue weighted by Crippen LogP contribution is -2.34. The van der Waals surface area contributed by atoms with Gasteiger partial charge in [-0.1, -0.05) is 20.3 Å². The standard InChI is InChI=1S/C8H17NO3/c1-4-5(2)7(6(3)10)8(11)12-9/h5-7,10H,4,9H2,1-3H3/t5?,6-,7-/m1/s1. The highest BCUT2D eigenvalue weighted by atomic mass is 16.7. The van der Waals surface area contributed by atoms with Gasteiger partial charge in [0.1, 0.15) is 0 Å². The average molecular weight is 175 g/mol. The molecule has 12 heavy (non-hydrogen) atoms. The molecule has 0 aromatic rings. The zero-order chi connectivity index (χ0) is 9.72. The van der Waals surface area contributed by atoms with Crippen molar-refractivity contribution in [3.05, 3.63) is 0 Å². The lowest BCUT2D eigenvalue weighted by molar-refractivity contribution is -0.155. The Kier molecular flexibility index (Phi) is 4.85. The van der Waals surface area contributed by atoms with Crippen LogP contribution < -0.4 is 5.90 Å². The molecule has 0 spiro atoms. The molecule has 0 aromatic heterocycles. The maximum Gasteiger partial charge on any atom is 0.330 e. The Balaban J connectivity index is 4.32. The Labute approximate surface area is 72.7 Å². The van der Waals surface area contributed by atoms with Crippen LogP contribution in [0.5, 0.6) is 0 Å². The molecule has 1 unspecified atom stereocenters. The molecule has 4 nitrogen and oxygen atoms in total. The number of carbonyl (C=O) groups is 1. The van der Waals surface area contributed by atoms with Crippen LogP contribution in [0.25, 0.3) is 0 Å². The van der Waals surface area contributed by atoms with Crippen molar-refractivity contribution in [3.8, 4) is 0 Å². The molecule has 0 heterocycles. The molecule has 3 atom stereocenters. The van der Waals surface area contributed by atoms with Crippen molar-refractivity contribution in [2.45, 2.75) is 33.3 Å². The first-order valence-corrected chi connectivity index (χ1v) is 4.13. The number of aliphatic hydroxyl groups excluding tert-OH is 1. The molecular formula is C8H17NO3. The van der Waals surface area contributed by atoms with Gasteiger partial charge in [-0.3, -0.25) is 0 Å². The number of nitrogens with two attached hydrogens (primary N) is 1. The summed E-state index contributed by atoms with van der Waals surface area (Å²) in [6.07, 6.45) is 0.0981. The third kappa shape index (κ3) is 2.79. The first-order chi connectivity index (χ1) is 5.54. The molecule has 0 aliphatic carbocycles. The van der Waals surface area contributed by atoms with Crippen molar-refractivity contribution in [3.63, 3.8) is 0 Å². The van der Waals surface area contributed by atoms with Crippen molar-refractivity contribution >= 4 is 5.97 Å². The van der Waals surface area contributed by atoms with Gasteiger partial charge in [0.25, 0.3) is 0 Å². The molecule has 4 heteroatoms. The SMILES string of the molecule is CCC(C)[C@@H](C(=O)ON)[C@@H](C)O. The minimum Gasteiger partial charge on any atom is -0.393 e. The van der Waals surface area contributed by atoms with Gasteiger partial charge in [0.15, 0.2) is 0 Å². The number of carbonyl (C=O) groups excluding carboxylic acids is 1. The normalized spacial score (nSPS) is 18.1. The van der Waals surface area contributed by atoms with Crippen LogP contribution in [-0.2, 0) is 9.63 Å². The molecule has 0 aromatic carbocycles. The second-order valence-corrected chi connectivity index (χ2v) is 3.09. The Bertz CT molecular complexity index is 147. The minimum absolute atomic E-state index is 0.0843. The van der Waals surface area contributed by atoms with Crippen LogP contribution >= 0.6 is 0 Å². The number of rotatable bonds is 4. The number of hydrogen-bond donors (Lipinski definition) is 2. The Morgan fingerprint density at radius 2 is 2.08 bits per heavy atom. The van der Waals surface area contributed by atoms with E-state index in [1.54, 1.807) is 6.92 Å². The Hall–Kier alpha value is -0.610. The summed E-state index contributed by atoms with van der Waals surface area (Å²) < 4.78 is 0.